The maximum atomic E-state index is 6.05. The Morgan fingerprint density at radius 2 is 1.65 bits per heavy atom. The predicted molar refractivity (Wildman–Crippen MR) is 93.3 cm³/mol. The lowest BCUT2D eigenvalue weighted by atomic mass is 10.2. The molecule has 5 heteroatoms. The molecule has 2 heterocycles. The van der Waals surface area contributed by atoms with Gasteiger partial charge in [-0.1, -0.05) is 23.7 Å². The lowest BCUT2D eigenvalue weighted by Gasteiger charge is -2.18. The van der Waals surface area contributed by atoms with Gasteiger partial charge in [-0.25, -0.2) is 0 Å². The Morgan fingerprint density at radius 1 is 1.00 bits per heavy atom. The van der Waals surface area contributed by atoms with Crippen LogP contribution < -0.4 is 5.32 Å². The Labute approximate surface area is 139 Å². The van der Waals surface area contributed by atoms with Gasteiger partial charge >= 0.3 is 0 Å². The molecule has 2 aromatic heterocycles. The summed E-state index contributed by atoms with van der Waals surface area (Å²) in [6.07, 6.45) is 0. The fraction of sp³-hybridized carbons (Fsp3) is 0.0667. The van der Waals surface area contributed by atoms with Crippen molar-refractivity contribution in [3.05, 3.63) is 72.5 Å². The molecule has 3 aromatic rings. The predicted octanol–water partition coefficient (Wildman–Crippen LogP) is 6.43. The number of halogens is 2. The van der Waals surface area contributed by atoms with Crippen LogP contribution in [0.3, 0.4) is 0 Å². The summed E-state index contributed by atoms with van der Waals surface area (Å²) in [6.45, 7) is 0. The molecule has 0 fully saturated rings. The molecule has 3 rings (SSSR count). The molecule has 102 valence electrons. The number of hydrogen-bond acceptors (Lipinski definition) is 3. The summed E-state index contributed by atoms with van der Waals surface area (Å²) in [5.41, 5.74) is 1.05. The van der Waals surface area contributed by atoms with E-state index in [0.717, 1.165) is 15.2 Å². The zero-order valence-electron chi connectivity index (χ0n) is 10.3. The molecule has 0 aliphatic heterocycles. The molecular formula is C15H11BrClNS2. The molecule has 1 aromatic carbocycles. The highest BCUT2D eigenvalue weighted by Crippen LogP contribution is 2.34. The fourth-order valence-corrected chi connectivity index (χ4v) is 4.10. The topological polar surface area (TPSA) is 12.0 Å². The van der Waals surface area contributed by atoms with Crippen LogP contribution in [0.1, 0.15) is 15.8 Å². The standard InChI is InChI=1S/C15H11BrClNS2/c16-11-9-10(5-6-12(11)17)18-15(13-3-1-7-19-13)14-4-2-8-20-14/h1-9,15,18H. The molecule has 0 amide bonds. The third-order valence-corrected chi connectivity index (χ3v) is 5.97. The SMILES string of the molecule is Clc1ccc(NC(c2cccs2)c2cccs2)cc1Br. The first kappa shape index (κ1) is 14.1. The van der Waals surface area contributed by atoms with Crippen LogP contribution in [-0.2, 0) is 0 Å². The molecule has 0 saturated heterocycles. The van der Waals surface area contributed by atoms with Crippen LogP contribution in [0.2, 0.25) is 5.02 Å². The van der Waals surface area contributed by atoms with Crippen LogP contribution in [0.4, 0.5) is 5.69 Å². The quantitative estimate of drug-likeness (QED) is 0.546. The zero-order chi connectivity index (χ0) is 13.9. The van der Waals surface area contributed by atoms with E-state index in [1.54, 1.807) is 22.7 Å². The second-order valence-electron chi connectivity index (χ2n) is 4.24. The Morgan fingerprint density at radius 3 is 2.15 bits per heavy atom. The maximum absolute atomic E-state index is 6.05. The zero-order valence-corrected chi connectivity index (χ0v) is 14.3. The van der Waals surface area contributed by atoms with E-state index in [1.165, 1.54) is 9.75 Å². The fourth-order valence-electron chi connectivity index (χ4n) is 1.95. The Kier molecular flexibility index (Phi) is 4.46. The second kappa shape index (κ2) is 6.31. The van der Waals surface area contributed by atoms with Gasteiger partial charge in [0.25, 0.3) is 0 Å². The van der Waals surface area contributed by atoms with Crippen molar-refractivity contribution in [2.24, 2.45) is 0 Å². The minimum atomic E-state index is 0.183. The normalized spacial score (nSPS) is 10.9. The first-order chi connectivity index (χ1) is 9.74. The molecular weight excluding hydrogens is 374 g/mol. The molecule has 0 spiro atoms. The second-order valence-corrected chi connectivity index (χ2v) is 7.46. The van der Waals surface area contributed by atoms with E-state index in [9.17, 15) is 0 Å². The van der Waals surface area contributed by atoms with Gasteiger partial charge in [-0.15, -0.1) is 22.7 Å². The summed E-state index contributed by atoms with van der Waals surface area (Å²) in [5.74, 6) is 0. The minimum Gasteiger partial charge on any atom is -0.373 e. The van der Waals surface area contributed by atoms with Gasteiger partial charge in [-0.05, 0) is 57.0 Å². The number of nitrogens with one attached hydrogen (secondary N) is 1. The number of rotatable bonds is 4. The van der Waals surface area contributed by atoms with Crippen LogP contribution in [0.25, 0.3) is 0 Å². The largest absolute Gasteiger partial charge is 0.373 e. The molecule has 1 nitrogen and oxygen atoms in total. The molecule has 0 aliphatic carbocycles. The smallest absolute Gasteiger partial charge is 0.0953 e. The van der Waals surface area contributed by atoms with E-state index in [-0.39, 0.29) is 6.04 Å². The van der Waals surface area contributed by atoms with Gasteiger partial charge in [0, 0.05) is 19.9 Å². The lowest BCUT2D eigenvalue weighted by Crippen LogP contribution is -2.09. The van der Waals surface area contributed by atoms with Crippen LogP contribution in [-0.4, -0.2) is 0 Å². The number of thiophene rings is 2. The van der Waals surface area contributed by atoms with Gasteiger partial charge in [0.1, 0.15) is 0 Å². The first-order valence-corrected chi connectivity index (χ1v) is 8.95. The van der Waals surface area contributed by atoms with E-state index >= 15 is 0 Å². The minimum absolute atomic E-state index is 0.183. The Hall–Kier alpha value is -0.810. The van der Waals surface area contributed by atoms with E-state index in [2.05, 4.69) is 56.3 Å². The van der Waals surface area contributed by atoms with Gasteiger partial charge in [0.2, 0.25) is 0 Å². The highest BCUT2D eigenvalue weighted by molar-refractivity contribution is 9.10. The van der Waals surface area contributed by atoms with Crippen molar-refractivity contribution in [3.63, 3.8) is 0 Å². The lowest BCUT2D eigenvalue weighted by molar-refractivity contribution is 0.993. The summed E-state index contributed by atoms with van der Waals surface area (Å²) in [6, 6.07) is 14.6. The van der Waals surface area contributed by atoms with Crippen molar-refractivity contribution < 1.29 is 0 Å². The Bertz CT molecular complexity index is 646. The summed E-state index contributed by atoms with van der Waals surface area (Å²) in [7, 11) is 0. The molecule has 1 N–H and O–H groups in total. The van der Waals surface area contributed by atoms with Crippen molar-refractivity contribution in [3.8, 4) is 0 Å². The van der Waals surface area contributed by atoms with Crippen LogP contribution in [0, 0.1) is 0 Å². The third kappa shape index (κ3) is 3.09. The van der Waals surface area contributed by atoms with Crippen molar-refractivity contribution in [1.82, 2.24) is 0 Å². The van der Waals surface area contributed by atoms with Crippen molar-refractivity contribution in [2.75, 3.05) is 5.32 Å². The highest BCUT2D eigenvalue weighted by atomic mass is 79.9. The molecule has 0 radical (unpaired) electrons. The Balaban J connectivity index is 1.92. The van der Waals surface area contributed by atoms with Gasteiger partial charge < -0.3 is 5.32 Å². The molecule has 0 unspecified atom stereocenters. The summed E-state index contributed by atoms with van der Waals surface area (Å²) in [5, 5.41) is 8.52. The monoisotopic (exact) mass is 383 g/mol. The summed E-state index contributed by atoms with van der Waals surface area (Å²) < 4.78 is 0.903. The maximum Gasteiger partial charge on any atom is 0.0953 e. The molecule has 0 aliphatic rings. The average Bonchev–Trinajstić information content (AvgIpc) is 3.12. The third-order valence-electron chi connectivity index (χ3n) is 2.89. The van der Waals surface area contributed by atoms with Crippen molar-refractivity contribution in [2.45, 2.75) is 6.04 Å². The number of benzene rings is 1. The average molecular weight is 385 g/mol. The molecule has 0 atom stereocenters. The van der Waals surface area contributed by atoms with Crippen molar-refractivity contribution in [1.29, 1.82) is 0 Å². The summed E-state index contributed by atoms with van der Waals surface area (Å²) >= 11 is 13.0. The molecule has 0 bridgehead atoms. The van der Waals surface area contributed by atoms with Gasteiger partial charge in [-0.2, -0.15) is 0 Å². The van der Waals surface area contributed by atoms with Crippen LogP contribution >= 0.6 is 50.2 Å². The van der Waals surface area contributed by atoms with Gasteiger partial charge in [0.05, 0.1) is 11.1 Å². The van der Waals surface area contributed by atoms with E-state index < -0.39 is 0 Å². The van der Waals surface area contributed by atoms with Crippen LogP contribution in [0.15, 0.2) is 57.7 Å². The van der Waals surface area contributed by atoms with E-state index in [1.807, 2.05) is 18.2 Å². The van der Waals surface area contributed by atoms with Gasteiger partial charge in [-0.3, -0.25) is 0 Å². The van der Waals surface area contributed by atoms with E-state index in [0.29, 0.717) is 0 Å². The number of hydrogen-bond donors (Lipinski definition) is 1. The van der Waals surface area contributed by atoms with E-state index in [4.69, 9.17) is 11.6 Å². The summed E-state index contributed by atoms with van der Waals surface area (Å²) in [4.78, 5) is 2.61. The molecule has 0 saturated carbocycles. The highest BCUT2D eigenvalue weighted by Gasteiger charge is 2.16. The van der Waals surface area contributed by atoms with Crippen LogP contribution in [0.5, 0.6) is 0 Å². The first-order valence-electron chi connectivity index (χ1n) is 6.02. The van der Waals surface area contributed by atoms with Crippen molar-refractivity contribution >= 4 is 55.9 Å². The molecule has 20 heavy (non-hydrogen) atoms. The van der Waals surface area contributed by atoms with Gasteiger partial charge in [0.15, 0.2) is 0 Å². The number of anilines is 1.